The summed E-state index contributed by atoms with van der Waals surface area (Å²) in [5, 5.41) is 1.48. The number of nitrogens with zero attached hydrogens (tertiary/aromatic N) is 3. The lowest BCUT2D eigenvalue weighted by Gasteiger charge is -2.37. The van der Waals surface area contributed by atoms with Gasteiger partial charge in [0.05, 0.1) is 24.9 Å². The van der Waals surface area contributed by atoms with Crippen LogP contribution in [0.5, 0.6) is 0 Å². The van der Waals surface area contributed by atoms with E-state index in [4.69, 9.17) is 0 Å². The molecule has 1 fully saturated rings. The molecule has 2 aromatic rings. The third-order valence-corrected chi connectivity index (χ3v) is 11.4. The number of aryl methyl sites for hydroxylation is 1. The van der Waals surface area contributed by atoms with Gasteiger partial charge in [-0.1, -0.05) is 42.6 Å². The van der Waals surface area contributed by atoms with E-state index in [-0.39, 0.29) is 0 Å². The average Bonchev–Trinajstić information content (AvgIpc) is 2.57. The van der Waals surface area contributed by atoms with Gasteiger partial charge in [-0.25, -0.2) is 17.7 Å². The van der Waals surface area contributed by atoms with Gasteiger partial charge in [0.15, 0.2) is 5.17 Å². The number of hydrogen-bond donors (Lipinski definition) is 0. The summed E-state index contributed by atoms with van der Waals surface area (Å²) >= 11 is 1.53. The molecule has 0 amide bonds. The van der Waals surface area contributed by atoms with Gasteiger partial charge >= 0.3 is 0 Å². The summed E-state index contributed by atoms with van der Waals surface area (Å²) in [7, 11) is -5.28. The highest BCUT2D eigenvalue weighted by Crippen LogP contribution is 2.31. The molecule has 132 valence electrons. The molecule has 0 unspecified atom stereocenters. The summed E-state index contributed by atoms with van der Waals surface area (Å²) in [6.45, 7) is 6.36. The first kappa shape index (κ1) is 18.2. The second-order valence-corrected chi connectivity index (χ2v) is 15.2. The van der Waals surface area contributed by atoms with E-state index in [0.29, 0.717) is 21.9 Å². The van der Waals surface area contributed by atoms with Crippen LogP contribution in [0, 0.1) is 6.92 Å². The van der Waals surface area contributed by atoms with Crippen molar-refractivity contribution in [3.8, 4) is 0 Å². The maximum absolute atomic E-state index is 13.2. The van der Waals surface area contributed by atoms with Gasteiger partial charge in [-0.3, -0.25) is 4.98 Å². The molecule has 0 saturated carbocycles. The minimum Gasteiger partial charge on any atom is -0.262 e. The topological polar surface area (TPSA) is 62.6 Å². The lowest BCUT2D eigenvalue weighted by molar-refractivity contribution is 0.546. The lowest BCUT2D eigenvalue weighted by Crippen LogP contribution is -2.53. The number of sulfonamides is 1. The standard InChI is InChI=1S/C17H21N3O2S2Si/c1-14-6-8-16(9-7-14)24(21,22)20-12-25(2,3)13-23-17(20)19-15-5-4-10-18-11-15/h4-11H,12-13H2,1-3H3. The molecule has 2 heterocycles. The van der Waals surface area contributed by atoms with E-state index in [1.165, 1.54) is 16.1 Å². The Bertz CT molecular complexity index is 882. The largest absolute Gasteiger partial charge is 0.265 e. The Morgan fingerprint density at radius 2 is 1.92 bits per heavy atom. The maximum Gasteiger partial charge on any atom is 0.265 e. The highest BCUT2D eigenvalue weighted by molar-refractivity contribution is 8.16. The number of rotatable bonds is 3. The van der Waals surface area contributed by atoms with Gasteiger partial charge < -0.3 is 0 Å². The minimum atomic E-state index is -3.62. The monoisotopic (exact) mass is 391 g/mol. The Balaban J connectivity index is 2.04. The molecule has 0 N–H and O–H groups in total. The van der Waals surface area contributed by atoms with Gasteiger partial charge in [0.2, 0.25) is 0 Å². The Kier molecular flexibility index (Phi) is 5.03. The lowest BCUT2D eigenvalue weighted by atomic mass is 10.2. The zero-order chi connectivity index (χ0) is 18.1. The average molecular weight is 392 g/mol. The van der Waals surface area contributed by atoms with Crippen LogP contribution >= 0.6 is 11.8 Å². The first-order chi connectivity index (χ1) is 11.8. The van der Waals surface area contributed by atoms with Crippen LogP contribution < -0.4 is 0 Å². The summed E-state index contributed by atoms with van der Waals surface area (Å²) < 4.78 is 27.9. The highest BCUT2D eigenvalue weighted by atomic mass is 32.2. The molecule has 0 spiro atoms. The van der Waals surface area contributed by atoms with Crippen molar-refractivity contribution in [2.45, 2.75) is 24.9 Å². The van der Waals surface area contributed by atoms with E-state index in [9.17, 15) is 8.42 Å². The van der Waals surface area contributed by atoms with Crippen LogP contribution in [0.4, 0.5) is 5.69 Å². The molecule has 0 atom stereocenters. The van der Waals surface area contributed by atoms with Crippen LogP contribution in [0.25, 0.3) is 0 Å². The molecular weight excluding hydrogens is 370 g/mol. The number of hydrogen-bond acceptors (Lipinski definition) is 5. The maximum atomic E-state index is 13.2. The number of pyridine rings is 1. The molecule has 1 aromatic carbocycles. The molecule has 0 bridgehead atoms. The van der Waals surface area contributed by atoms with Gasteiger partial charge in [-0.15, -0.1) is 0 Å². The predicted molar refractivity (Wildman–Crippen MR) is 106 cm³/mol. The molecule has 0 radical (unpaired) electrons. The Morgan fingerprint density at radius 3 is 2.56 bits per heavy atom. The number of benzene rings is 1. The fourth-order valence-electron chi connectivity index (χ4n) is 2.48. The van der Waals surface area contributed by atoms with E-state index in [0.717, 1.165) is 10.9 Å². The smallest absolute Gasteiger partial charge is 0.262 e. The third kappa shape index (κ3) is 4.13. The van der Waals surface area contributed by atoms with Crippen molar-refractivity contribution in [1.82, 2.24) is 9.29 Å². The van der Waals surface area contributed by atoms with Crippen molar-refractivity contribution in [3.63, 3.8) is 0 Å². The summed E-state index contributed by atoms with van der Waals surface area (Å²) in [4.78, 5) is 8.93. The molecule has 25 heavy (non-hydrogen) atoms. The van der Waals surface area contributed by atoms with Crippen LogP contribution in [0.2, 0.25) is 13.1 Å². The van der Waals surface area contributed by atoms with Crippen molar-refractivity contribution >= 4 is 40.7 Å². The molecule has 1 aromatic heterocycles. The highest BCUT2D eigenvalue weighted by Gasteiger charge is 2.39. The first-order valence-corrected chi connectivity index (χ1v) is 13.8. The summed E-state index contributed by atoms with van der Waals surface area (Å²) in [6, 6.07) is 10.6. The molecular formula is C17H21N3O2S2Si. The zero-order valence-electron chi connectivity index (χ0n) is 14.5. The SMILES string of the molecule is Cc1ccc(S(=O)(=O)N2C[Si](C)(C)CSC2=Nc2cccnc2)cc1. The second kappa shape index (κ2) is 6.93. The molecule has 0 aliphatic carbocycles. The fraction of sp³-hybridized carbons (Fsp3) is 0.294. The molecule has 1 saturated heterocycles. The van der Waals surface area contributed by atoms with Gasteiger partial charge in [0.25, 0.3) is 10.0 Å². The second-order valence-electron chi connectivity index (χ2n) is 6.88. The Morgan fingerprint density at radius 1 is 1.20 bits per heavy atom. The van der Waals surface area contributed by atoms with E-state index in [1.807, 2.05) is 25.1 Å². The first-order valence-electron chi connectivity index (χ1n) is 7.99. The van der Waals surface area contributed by atoms with Crippen molar-refractivity contribution in [1.29, 1.82) is 0 Å². The van der Waals surface area contributed by atoms with Gasteiger partial charge in [-0.2, -0.15) is 0 Å². The van der Waals surface area contributed by atoms with Gasteiger partial charge in [0, 0.05) is 12.4 Å². The minimum absolute atomic E-state index is 0.310. The normalized spacial score (nSPS) is 19.2. The van der Waals surface area contributed by atoms with Crippen molar-refractivity contribution in [2.24, 2.45) is 4.99 Å². The van der Waals surface area contributed by atoms with Crippen LogP contribution in [-0.2, 0) is 10.0 Å². The van der Waals surface area contributed by atoms with E-state index in [2.05, 4.69) is 23.1 Å². The summed E-state index contributed by atoms with van der Waals surface area (Å²) in [5.74, 6) is 0. The van der Waals surface area contributed by atoms with E-state index in [1.54, 1.807) is 30.6 Å². The number of aliphatic imine (C=N–C) groups is 1. The number of amidine groups is 1. The quantitative estimate of drug-likeness (QED) is 0.750. The Hall–Kier alpha value is -1.64. The van der Waals surface area contributed by atoms with Crippen LogP contribution in [0.1, 0.15) is 5.56 Å². The van der Waals surface area contributed by atoms with E-state index >= 15 is 0 Å². The molecule has 5 nitrogen and oxygen atoms in total. The van der Waals surface area contributed by atoms with Crippen LogP contribution in [-0.4, -0.2) is 42.5 Å². The van der Waals surface area contributed by atoms with Crippen molar-refractivity contribution in [3.05, 3.63) is 54.4 Å². The Labute approximate surface area is 154 Å². The van der Waals surface area contributed by atoms with Gasteiger partial charge in [0.1, 0.15) is 0 Å². The van der Waals surface area contributed by atoms with E-state index < -0.39 is 18.1 Å². The molecule has 1 aliphatic rings. The van der Waals surface area contributed by atoms with Gasteiger partial charge in [-0.05, 0) is 36.6 Å². The third-order valence-electron chi connectivity index (χ3n) is 3.86. The molecule has 8 heteroatoms. The predicted octanol–water partition coefficient (Wildman–Crippen LogP) is 3.60. The summed E-state index contributed by atoms with van der Waals surface area (Å²) in [6.07, 6.45) is 3.85. The van der Waals surface area contributed by atoms with Crippen LogP contribution in [0.3, 0.4) is 0 Å². The van der Waals surface area contributed by atoms with Crippen molar-refractivity contribution in [2.75, 3.05) is 11.5 Å². The fourth-order valence-corrected chi connectivity index (χ4v) is 9.50. The molecule has 1 aliphatic heterocycles. The zero-order valence-corrected chi connectivity index (χ0v) is 17.1. The molecule has 3 rings (SSSR count). The van der Waals surface area contributed by atoms with Crippen LogP contribution in [0.15, 0.2) is 58.7 Å². The van der Waals surface area contributed by atoms with Crippen molar-refractivity contribution < 1.29 is 8.42 Å². The number of thioether (sulfide) groups is 1. The summed E-state index contributed by atoms with van der Waals surface area (Å²) in [5.41, 5.74) is 1.70. The number of aromatic nitrogens is 1.